The van der Waals surface area contributed by atoms with E-state index in [4.69, 9.17) is 0 Å². The highest BCUT2D eigenvalue weighted by Crippen LogP contribution is 2.07. The van der Waals surface area contributed by atoms with Gasteiger partial charge in [-0.3, -0.25) is 14.6 Å². The minimum absolute atomic E-state index is 0. The maximum atomic E-state index is 12.1. The van der Waals surface area contributed by atoms with Gasteiger partial charge in [0.1, 0.15) is 0 Å². The molecule has 8 heteroatoms. The van der Waals surface area contributed by atoms with Crippen LogP contribution in [0.2, 0.25) is 0 Å². The van der Waals surface area contributed by atoms with Crippen molar-refractivity contribution in [2.75, 3.05) is 40.8 Å². The maximum Gasteiger partial charge on any atom is 0.253 e. The third-order valence-corrected chi connectivity index (χ3v) is 4.25. The Morgan fingerprint density at radius 3 is 2.17 bits per heavy atom. The van der Waals surface area contributed by atoms with E-state index < -0.39 is 0 Å². The van der Waals surface area contributed by atoms with E-state index in [-0.39, 0.29) is 35.8 Å². The summed E-state index contributed by atoms with van der Waals surface area (Å²) in [5, 5.41) is 9.28. The average Bonchev–Trinajstić information content (AvgIpc) is 2.75. The van der Waals surface area contributed by atoms with Gasteiger partial charge in [0.15, 0.2) is 5.96 Å². The van der Waals surface area contributed by atoms with Gasteiger partial charge in [-0.25, -0.2) is 0 Å². The van der Waals surface area contributed by atoms with Crippen molar-refractivity contribution in [2.45, 2.75) is 6.42 Å². The van der Waals surface area contributed by atoms with Crippen molar-refractivity contribution in [3.05, 3.63) is 71.3 Å². The molecule has 0 aliphatic heterocycles. The lowest BCUT2D eigenvalue weighted by Gasteiger charge is -2.13. The molecule has 0 saturated heterocycles. The van der Waals surface area contributed by atoms with Gasteiger partial charge >= 0.3 is 0 Å². The molecule has 2 rings (SSSR count). The van der Waals surface area contributed by atoms with Crippen molar-refractivity contribution < 1.29 is 9.59 Å². The van der Waals surface area contributed by atoms with Gasteiger partial charge in [-0.1, -0.05) is 30.3 Å². The first-order valence-electron chi connectivity index (χ1n) is 9.59. The predicted octanol–water partition coefficient (Wildman–Crippen LogP) is 2.14. The van der Waals surface area contributed by atoms with Crippen molar-refractivity contribution in [1.82, 2.24) is 20.9 Å². The molecule has 0 unspecified atom stereocenters. The van der Waals surface area contributed by atoms with Gasteiger partial charge in [-0.05, 0) is 36.2 Å². The van der Waals surface area contributed by atoms with Crippen molar-refractivity contribution in [2.24, 2.45) is 4.99 Å². The second-order valence-corrected chi connectivity index (χ2v) is 6.70. The summed E-state index contributed by atoms with van der Waals surface area (Å²) in [5.74, 6) is 0.566. The van der Waals surface area contributed by atoms with Crippen LogP contribution in [0.4, 0.5) is 0 Å². The number of nitrogens with zero attached hydrogens (tertiary/aromatic N) is 2. The van der Waals surface area contributed by atoms with Crippen LogP contribution < -0.4 is 16.0 Å². The average molecular weight is 523 g/mol. The molecular formula is C22H30IN5O2. The van der Waals surface area contributed by atoms with E-state index in [0.29, 0.717) is 36.7 Å². The van der Waals surface area contributed by atoms with Crippen molar-refractivity contribution in [3.63, 3.8) is 0 Å². The predicted molar refractivity (Wildman–Crippen MR) is 132 cm³/mol. The number of nitrogens with one attached hydrogen (secondary N) is 3. The van der Waals surface area contributed by atoms with Gasteiger partial charge in [-0.15, -0.1) is 24.0 Å². The molecule has 0 atom stereocenters. The fraction of sp³-hybridized carbons (Fsp3) is 0.318. The highest BCUT2D eigenvalue weighted by molar-refractivity contribution is 14.0. The summed E-state index contributed by atoms with van der Waals surface area (Å²) in [6, 6.07) is 16.8. The summed E-state index contributed by atoms with van der Waals surface area (Å²) >= 11 is 0. The Morgan fingerprint density at radius 1 is 0.867 bits per heavy atom. The van der Waals surface area contributed by atoms with Crippen molar-refractivity contribution in [3.8, 4) is 0 Å². The lowest BCUT2D eigenvalue weighted by molar-refractivity contribution is 0.0827. The van der Waals surface area contributed by atoms with Crippen LogP contribution in [-0.4, -0.2) is 63.5 Å². The lowest BCUT2D eigenvalue weighted by Crippen LogP contribution is -2.42. The first-order valence-corrected chi connectivity index (χ1v) is 9.59. The zero-order valence-corrected chi connectivity index (χ0v) is 20.0. The quantitative estimate of drug-likeness (QED) is 0.214. The second-order valence-electron chi connectivity index (χ2n) is 6.70. The fourth-order valence-electron chi connectivity index (χ4n) is 2.71. The molecule has 0 bridgehead atoms. The van der Waals surface area contributed by atoms with E-state index in [1.807, 2.05) is 42.5 Å². The van der Waals surface area contributed by atoms with Crippen LogP contribution in [0.3, 0.4) is 0 Å². The topological polar surface area (TPSA) is 85.8 Å². The smallest absolute Gasteiger partial charge is 0.253 e. The number of amides is 2. The molecule has 2 aromatic carbocycles. The third-order valence-electron chi connectivity index (χ3n) is 4.25. The minimum Gasteiger partial charge on any atom is -0.356 e. The normalized spacial score (nSPS) is 10.6. The Hall–Kier alpha value is -2.62. The molecule has 2 amide bonds. The van der Waals surface area contributed by atoms with Gasteiger partial charge in [0.05, 0.1) is 0 Å². The van der Waals surface area contributed by atoms with E-state index in [2.05, 4.69) is 20.9 Å². The van der Waals surface area contributed by atoms with Crippen LogP contribution in [-0.2, 0) is 6.42 Å². The molecule has 0 aromatic heterocycles. The molecular weight excluding hydrogens is 493 g/mol. The molecule has 7 nitrogen and oxygen atoms in total. The number of benzene rings is 2. The van der Waals surface area contributed by atoms with Gasteiger partial charge < -0.3 is 20.9 Å². The van der Waals surface area contributed by atoms with Crippen LogP contribution in [0.1, 0.15) is 26.3 Å². The number of aliphatic imine (C=N–C) groups is 1. The number of carbonyl (C=O) groups excluding carboxylic acids is 2. The molecule has 162 valence electrons. The Balaban J connectivity index is 0.00000450. The Labute approximate surface area is 195 Å². The van der Waals surface area contributed by atoms with Crippen LogP contribution in [0.5, 0.6) is 0 Å². The molecule has 3 N–H and O–H groups in total. The van der Waals surface area contributed by atoms with E-state index in [9.17, 15) is 9.59 Å². The second kappa shape index (κ2) is 13.6. The first kappa shape index (κ1) is 25.4. The largest absolute Gasteiger partial charge is 0.356 e. The Kier molecular flexibility index (Phi) is 11.5. The summed E-state index contributed by atoms with van der Waals surface area (Å²) in [6.07, 6.45) is 0.764. The maximum absolute atomic E-state index is 12.1. The number of carbonyl (C=O) groups is 2. The SMILES string of the molecule is CN=C(NCCNC(=O)c1ccccc1)NCCc1cccc(C(=O)N(C)C)c1.I. The van der Waals surface area contributed by atoms with Crippen molar-refractivity contribution >= 4 is 41.8 Å². The highest BCUT2D eigenvalue weighted by Gasteiger charge is 2.08. The fourth-order valence-corrected chi connectivity index (χ4v) is 2.71. The van der Waals surface area contributed by atoms with Crippen LogP contribution >= 0.6 is 24.0 Å². The molecule has 2 aromatic rings. The Bertz CT molecular complexity index is 840. The molecule has 0 spiro atoms. The molecule has 30 heavy (non-hydrogen) atoms. The van der Waals surface area contributed by atoms with Crippen LogP contribution in [0, 0.1) is 0 Å². The number of guanidine groups is 1. The van der Waals surface area contributed by atoms with E-state index in [0.717, 1.165) is 12.0 Å². The molecule has 0 heterocycles. The minimum atomic E-state index is -0.0949. The molecule has 0 aliphatic rings. The summed E-state index contributed by atoms with van der Waals surface area (Å²) in [4.78, 5) is 29.8. The number of hydrogen-bond donors (Lipinski definition) is 3. The van der Waals surface area contributed by atoms with Gasteiger partial charge in [0.25, 0.3) is 11.8 Å². The highest BCUT2D eigenvalue weighted by atomic mass is 127. The standard InChI is InChI=1S/C22H29N5O2.HI/c1-23-22(26-15-14-24-20(28)18-9-5-4-6-10-18)25-13-12-17-8-7-11-19(16-17)21(29)27(2)3;/h4-11,16H,12-15H2,1-3H3,(H,24,28)(H2,23,25,26);1H. The van der Waals surface area contributed by atoms with Gasteiger partial charge in [-0.2, -0.15) is 0 Å². The molecule has 0 radical (unpaired) electrons. The number of rotatable bonds is 8. The zero-order chi connectivity index (χ0) is 21.1. The first-order chi connectivity index (χ1) is 14.0. The number of hydrogen-bond acceptors (Lipinski definition) is 3. The Morgan fingerprint density at radius 2 is 1.50 bits per heavy atom. The van der Waals surface area contributed by atoms with Crippen molar-refractivity contribution in [1.29, 1.82) is 0 Å². The van der Waals surface area contributed by atoms with Gasteiger partial charge in [0.2, 0.25) is 0 Å². The van der Waals surface area contributed by atoms with Crippen LogP contribution in [0.25, 0.3) is 0 Å². The monoisotopic (exact) mass is 523 g/mol. The summed E-state index contributed by atoms with van der Waals surface area (Å²) < 4.78 is 0. The lowest BCUT2D eigenvalue weighted by atomic mass is 10.1. The zero-order valence-electron chi connectivity index (χ0n) is 17.6. The summed E-state index contributed by atoms with van der Waals surface area (Å²) in [5.41, 5.74) is 2.41. The van der Waals surface area contributed by atoms with E-state index >= 15 is 0 Å². The molecule has 0 saturated carbocycles. The third kappa shape index (κ3) is 8.40. The van der Waals surface area contributed by atoms with Gasteiger partial charge in [0, 0.05) is 51.9 Å². The van der Waals surface area contributed by atoms with E-state index in [1.54, 1.807) is 38.2 Å². The van der Waals surface area contributed by atoms with Crippen LogP contribution in [0.15, 0.2) is 59.6 Å². The molecule has 0 fully saturated rings. The molecule has 0 aliphatic carbocycles. The summed E-state index contributed by atoms with van der Waals surface area (Å²) in [6.45, 7) is 1.73. The summed E-state index contributed by atoms with van der Waals surface area (Å²) in [7, 11) is 5.19. The number of halogens is 1. The van der Waals surface area contributed by atoms with E-state index in [1.165, 1.54) is 0 Å².